The Balaban J connectivity index is 1.63. The van der Waals surface area contributed by atoms with E-state index < -0.39 is 0 Å². The number of nitrogens with one attached hydrogen (secondary N) is 1. The van der Waals surface area contributed by atoms with Crippen molar-refractivity contribution in [1.29, 1.82) is 0 Å². The van der Waals surface area contributed by atoms with E-state index in [2.05, 4.69) is 37.4 Å². The lowest BCUT2D eigenvalue weighted by atomic mass is 10.1. The van der Waals surface area contributed by atoms with Crippen LogP contribution in [0, 0.1) is 5.92 Å². The van der Waals surface area contributed by atoms with E-state index in [-0.39, 0.29) is 6.03 Å². The Morgan fingerprint density at radius 2 is 2.05 bits per heavy atom. The molecular weight excluding hydrogens is 260 g/mol. The van der Waals surface area contributed by atoms with Crippen LogP contribution in [0.5, 0.6) is 0 Å². The second-order valence-corrected chi connectivity index (χ2v) is 6.87. The summed E-state index contributed by atoms with van der Waals surface area (Å²) in [5.74, 6) is 0.638. The SMILES string of the molecule is CC(C)CCN(C(=O)Nc1ccc2c(c1)CCC2)C1CC1. The Morgan fingerprint density at radius 3 is 2.76 bits per heavy atom. The third-order valence-corrected chi connectivity index (χ3v) is 4.55. The van der Waals surface area contributed by atoms with Crippen LogP contribution in [-0.4, -0.2) is 23.5 Å². The van der Waals surface area contributed by atoms with E-state index in [1.807, 2.05) is 4.90 Å². The van der Waals surface area contributed by atoms with E-state index in [1.165, 1.54) is 24.0 Å². The van der Waals surface area contributed by atoms with Gasteiger partial charge in [0.1, 0.15) is 0 Å². The number of hydrogen-bond donors (Lipinski definition) is 1. The molecule has 2 aliphatic carbocycles. The lowest BCUT2D eigenvalue weighted by Gasteiger charge is -2.24. The van der Waals surface area contributed by atoms with Gasteiger partial charge in [-0.3, -0.25) is 0 Å². The fraction of sp³-hybridized carbons (Fsp3) is 0.611. The van der Waals surface area contributed by atoms with Crippen molar-refractivity contribution in [2.24, 2.45) is 5.92 Å². The molecule has 2 aliphatic rings. The van der Waals surface area contributed by atoms with Crippen LogP contribution in [0.2, 0.25) is 0 Å². The van der Waals surface area contributed by atoms with Crippen molar-refractivity contribution >= 4 is 11.7 Å². The van der Waals surface area contributed by atoms with E-state index in [1.54, 1.807) is 0 Å². The number of carbonyl (C=O) groups excluding carboxylic acids is 1. The predicted octanol–water partition coefficient (Wildman–Crippen LogP) is 4.22. The molecule has 3 nitrogen and oxygen atoms in total. The van der Waals surface area contributed by atoms with E-state index in [0.29, 0.717) is 12.0 Å². The monoisotopic (exact) mass is 286 g/mol. The summed E-state index contributed by atoms with van der Waals surface area (Å²) in [7, 11) is 0. The molecule has 0 unspecified atom stereocenters. The summed E-state index contributed by atoms with van der Waals surface area (Å²) in [6.45, 7) is 5.30. The molecule has 1 fully saturated rings. The number of fused-ring (bicyclic) bond motifs is 1. The van der Waals surface area contributed by atoms with Gasteiger partial charge in [0.15, 0.2) is 0 Å². The van der Waals surface area contributed by atoms with Crippen molar-refractivity contribution in [1.82, 2.24) is 4.90 Å². The van der Waals surface area contributed by atoms with Crippen LogP contribution in [0.3, 0.4) is 0 Å². The maximum Gasteiger partial charge on any atom is 0.322 e. The topological polar surface area (TPSA) is 32.3 Å². The number of carbonyl (C=O) groups is 1. The summed E-state index contributed by atoms with van der Waals surface area (Å²) >= 11 is 0. The zero-order chi connectivity index (χ0) is 14.8. The maximum atomic E-state index is 12.5. The fourth-order valence-corrected chi connectivity index (χ4v) is 3.08. The van der Waals surface area contributed by atoms with E-state index in [4.69, 9.17) is 0 Å². The first kappa shape index (κ1) is 14.4. The average Bonchev–Trinajstić information content (AvgIpc) is 3.16. The van der Waals surface area contributed by atoms with Gasteiger partial charge in [0, 0.05) is 18.3 Å². The lowest BCUT2D eigenvalue weighted by molar-refractivity contribution is 0.205. The highest BCUT2D eigenvalue weighted by Crippen LogP contribution is 2.29. The zero-order valence-corrected chi connectivity index (χ0v) is 13.2. The first-order chi connectivity index (χ1) is 10.1. The van der Waals surface area contributed by atoms with Gasteiger partial charge in [0.25, 0.3) is 0 Å². The second kappa shape index (κ2) is 6.08. The number of amides is 2. The fourth-order valence-electron chi connectivity index (χ4n) is 3.08. The normalized spacial score (nSPS) is 16.9. The Hall–Kier alpha value is -1.51. The summed E-state index contributed by atoms with van der Waals surface area (Å²) < 4.78 is 0. The summed E-state index contributed by atoms with van der Waals surface area (Å²) in [4.78, 5) is 14.6. The number of anilines is 1. The molecule has 0 radical (unpaired) electrons. The lowest BCUT2D eigenvalue weighted by Crippen LogP contribution is -2.38. The first-order valence-corrected chi connectivity index (χ1v) is 8.33. The molecular formula is C18H26N2O. The molecule has 3 heteroatoms. The highest BCUT2D eigenvalue weighted by Gasteiger charge is 2.32. The van der Waals surface area contributed by atoms with Crippen LogP contribution in [0.1, 0.15) is 50.7 Å². The van der Waals surface area contributed by atoms with Crippen LogP contribution in [0.15, 0.2) is 18.2 Å². The van der Waals surface area contributed by atoms with Crippen molar-refractivity contribution in [2.75, 3.05) is 11.9 Å². The van der Waals surface area contributed by atoms with E-state index in [0.717, 1.165) is 37.9 Å². The van der Waals surface area contributed by atoms with Gasteiger partial charge in [-0.25, -0.2) is 4.79 Å². The van der Waals surface area contributed by atoms with Gasteiger partial charge in [-0.05, 0) is 67.7 Å². The summed E-state index contributed by atoms with van der Waals surface area (Å²) in [6.07, 6.45) is 6.99. The maximum absolute atomic E-state index is 12.5. The third-order valence-electron chi connectivity index (χ3n) is 4.55. The van der Waals surface area contributed by atoms with Crippen LogP contribution in [0.4, 0.5) is 10.5 Å². The van der Waals surface area contributed by atoms with Crippen LogP contribution in [-0.2, 0) is 12.8 Å². The molecule has 3 rings (SSSR count). The van der Waals surface area contributed by atoms with Crippen molar-refractivity contribution in [3.05, 3.63) is 29.3 Å². The van der Waals surface area contributed by atoms with Gasteiger partial charge in [0.05, 0.1) is 0 Å². The Bertz CT molecular complexity index is 520. The molecule has 0 aliphatic heterocycles. The number of nitrogens with zero attached hydrogens (tertiary/aromatic N) is 1. The molecule has 0 spiro atoms. The highest BCUT2D eigenvalue weighted by molar-refractivity contribution is 5.90. The zero-order valence-electron chi connectivity index (χ0n) is 13.2. The van der Waals surface area contributed by atoms with E-state index in [9.17, 15) is 4.79 Å². The average molecular weight is 286 g/mol. The van der Waals surface area contributed by atoms with Crippen molar-refractivity contribution in [3.8, 4) is 0 Å². The van der Waals surface area contributed by atoms with E-state index >= 15 is 0 Å². The molecule has 0 aromatic heterocycles. The molecule has 1 saturated carbocycles. The van der Waals surface area contributed by atoms with Crippen molar-refractivity contribution in [2.45, 2.75) is 58.4 Å². The summed E-state index contributed by atoms with van der Waals surface area (Å²) in [5.41, 5.74) is 3.82. The molecule has 2 amide bonds. The molecule has 1 N–H and O–H groups in total. The van der Waals surface area contributed by atoms with Crippen molar-refractivity contribution in [3.63, 3.8) is 0 Å². The quantitative estimate of drug-likeness (QED) is 0.863. The minimum Gasteiger partial charge on any atom is -0.322 e. The first-order valence-electron chi connectivity index (χ1n) is 8.33. The molecule has 0 bridgehead atoms. The van der Waals surface area contributed by atoms with Gasteiger partial charge < -0.3 is 10.2 Å². The molecule has 0 saturated heterocycles. The Morgan fingerprint density at radius 1 is 1.29 bits per heavy atom. The molecule has 1 aromatic carbocycles. The molecule has 0 heterocycles. The summed E-state index contributed by atoms with van der Waals surface area (Å²) in [5, 5.41) is 3.10. The Labute approximate surface area is 127 Å². The third kappa shape index (κ3) is 3.58. The largest absolute Gasteiger partial charge is 0.322 e. The van der Waals surface area contributed by atoms with Crippen LogP contribution < -0.4 is 5.32 Å². The van der Waals surface area contributed by atoms with Crippen LogP contribution in [0.25, 0.3) is 0 Å². The predicted molar refractivity (Wildman–Crippen MR) is 86.7 cm³/mol. The second-order valence-electron chi connectivity index (χ2n) is 6.87. The minimum absolute atomic E-state index is 0.0797. The number of rotatable bonds is 5. The van der Waals surface area contributed by atoms with Gasteiger partial charge in [-0.1, -0.05) is 19.9 Å². The molecule has 114 valence electrons. The van der Waals surface area contributed by atoms with Gasteiger partial charge in [-0.2, -0.15) is 0 Å². The standard InChI is InChI=1S/C18H26N2O/c1-13(2)10-11-20(17-8-9-17)18(21)19-16-7-6-14-4-3-5-15(14)12-16/h6-7,12-13,17H,3-5,8-11H2,1-2H3,(H,19,21). The highest BCUT2D eigenvalue weighted by atomic mass is 16.2. The van der Waals surface area contributed by atoms with Crippen molar-refractivity contribution < 1.29 is 4.79 Å². The number of benzene rings is 1. The molecule has 0 atom stereocenters. The smallest absolute Gasteiger partial charge is 0.322 e. The number of urea groups is 1. The molecule has 1 aromatic rings. The summed E-state index contributed by atoms with van der Waals surface area (Å²) in [6, 6.07) is 6.94. The Kier molecular flexibility index (Phi) is 4.18. The minimum atomic E-state index is 0.0797. The number of aryl methyl sites for hydroxylation is 2. The molecule has 21 heavy (non-hydrogen) atoms. The number of hydrogen-bond acceptors (Lipinski definition) is 1. The van der Waals surface area contributed by atoms with Gasteiger partial charge in [0.2, 0.25) is 0 Å². The van der Waals surface area contributed by atoms with Crippen LogP contribution >= 0.6 is 0 Å². The van der Waals surface area contributed by atoms with Gasteiger partial charge in [-0.15, -0.1) is 0 Å². The van der Waals surface area contributed by atoms with Gasteiger partial charge >= 0.3 is 6.03 Å².